The molecule has 0 atom stereocenters. The van der Waals surface area contributed by atoms with Gasteiger partial charge in [-0.2, -0.15) is 5.10 Å². The zero-order valence-electron chi connectivity index (χ0n) is 7.36. The Morgan fingerprint density at radius 2 is 2.36 bits per heavy atom. The van der Waals surface area contributed by atoms with E-state index in [1.54, 1.807) is 10.9 Å². The van der Waals surface area contributed by atoms with Crippen molar-refractivity contribution in [3.63, 3.8) is 0 Å². The Bertz CT molecular complexity index is 516. The molecule has 0 unspecified atom stereocenters. The Labute approximate surface area is 87.9 Å². The number of nitrogens with one attached hydrogen (secondary N) is 1. The summed E-state index contributed by atoms with van der Waals surface area (Å²) in [4.78, 5) is 17.7. The second-order valence-electron chi connectivity index (χ2n) is 2.77. The molecule has 14 heavy (non-hydrogen) atoms. The van der Waals surface area contributed by atoms with E-state index in [4.69, 9.17) is 0 Å². The van der Waals surface area contributed by atoms with Crippen LogP contribution in [-0.4, -0.2) is 19.7 Å². The van der Waals surface area contributed by atoms with E-state index in [9.17, 15) is 4.79 Å². The summed E-state index contributed by atoms with van der Waals surface area (Å²) in [6.45, 7) is 1.87. The Morgan fingerprint density at radius 3 is 3.00 bits per heavy atom. The van der Waals surface area contributed by atoms with Crippen molar-refractivity contribution in [2.75, 3.05) is 0 Å². The van der Waals surface area contributed by atoms with E-state index in [2.05, 4.69) is 31.0 Å². The molecule has 72 valence electrons. The van der Waals surface area contributed by atoms with E-state index in [0.29, 0.717) is 10.3 Å². The van der Waals surface area contributed by atoms with Gasteiger partial charge in [0, 0.05) is 6.20 Å². The topological polar surface area (TPSA) is 63.6 Å². The van der Waals surface area contributed by atoms with Gasteiger partial charge in [-0.25, -0.2) is 9.67 Å². The number of hydrogen-bond donors (Lipinski definition) is 1. The standard InChI is InChI=1S/C8H7BrN4O/c1-5-2-3-13(12-5)7-6(9)8(14)11-4-10-7/h2-4H,1H3,(H,10,11,14). The quantitative estimate of drug-likeness (QED) is 0.827. The highest BCUT2D eigenvalue weighted by atomic mass is 79.9. The first-order valence-electron chi connectivity index (χ1n) is 3.94. The molecule has 6 heteroatoms. The Morgan fingerprint density at radius 1 is 1.57 bits per heavy atom. The summed E-state index contributed by atoms with van der Waals surface area (Å²) in [5.41, 5.74) is 0.655. The molecule has 0 fully saturated rings. The van der Waals surface area contributed by atoms with E-state index >= 15 is 0 Å². The molecule has 0 aliphatic rings. The number of rotatable bonds is 1. The molecule has 0 aliphatic heterocycles. The van der Waals surface area contributed by atoms with Crippen LogP contribution in [0.2, 0.25) is 0 Å². The van der Waals surface area contributed by atoms with Gasteiger partial charge in [0.2, 0.25) is 0 Å². The van der Waals surface area contributed by atoms with Crippen LogP contribution < -0.4 is 5.56 Å². The van der Waals surface area contributed by atoms with Gasteiger partial charge in [-0.15, -0.1) is 0 Å². The minimum atomic E-state index is -0.219. The lowest BCUT2D eigenvalue weighted by molar-refractivity contribution is 0.815. The molecule has 0 bridgehead atoms. The van der Waals surface area contributed by atoms with Crippen molar-refractivity contribution < 1.29 is 0 Å². The van der Waals surface area contributed by atoms with Crippen molar-refractivity contribution in [1.82, 2.24) is 19.7 Å². The summed E-state index contributed by atoms with van der Waals surface area (Å²) in [6.07, 6.45) is 3.10. The Kier molecular flexibility index (Phi) is 2.20. The van der Waals surface area contributed by atoms with Gasteiger partial charge in [0.15, 0.2) is 5.82 Å². The summed E-state index contributed by atoms with van der Waals surface area (Å²) < 4.78 is 1.93. The molecule has 0 aromatic carbocycles. The highest BCUT2D eigenvalue weighted by molar-refractivity contribution is 9.10. The predicted octanol–water partition coefficient (Wildman–Crippen LogP) is 1.03. The van der Waals surface area contributed by atoms with Crippen LogP contribution in [0.15, 0.2) is 27.9 Å². The smallest absolute Gasteiger partial charge is 0.267 e. The molecule has 2 heterocycles. The van der Waals surface area contributed by atoms with Gasteiger partial charge in [0.25, 0.3) is 5.56 Å². The zero-order chi connectivity index (χ0) is 10.1. The lowest BCUT2D eigenvalue weighted by Gasteiger charge is -2.00. The third kappa shape index (κ3) is 1.48. The molecule has 5 nitrogen and oxygen atoms in total. The monoisotopic (exact) mass is 254 g/mol. The molecule has 1 N–H and O–H groups in total. The minimum Gasteiger partial charge on any atom is -0.312 e. The van der Waals surface area contributed by atoms with Crippen LogP contribution in [0.4, 0.5) is 0 Å². The Balaban J connectivity index is 2.63. The van der Waals surface area contributed by atoms with Crippen LogP contribution in [0.3, 0.4) is 0 Å². The normalized spacial score (nSPS) is 10.4. The van der Waals surface area contributed by atoms with E-state index < -0.39 is 0 Å². The highest BCUT2D eigenvalue weighted by Crippen LogP contribution is 2.12. The summed E-state index contributed by atoms with van der Waals surface area (Å²) >= 11 is 3.16. The van der Waals surface area contributed by atoms with Crippen molar-refractivity contribution in [3.05, 3.63) is 39.1 Å². The molecule has 2 aromatic heterocycles. The maximum atomic E-state index is 11.2. The zero-order valence-corrected chi connectivity index (χ0v) is 8.95. The average molecular weight is 255 g/mol. The van der Waals surface area contributed by atoms with Crippen LogP contribution in [0.1, 0.15) is 5.69 Å². The SMILES string of the molecule is Cc1ccn(-c2nc[nH]c(=O)c2Br)n1. The molecule has 0 saturated carbocycles. The van der Waals surface area contributed by atoms with Gasteiger partial charge >= 0.3 is 0 Å². The number of H-pyrrole nitrogens is 1. The summed E-state index contributed by atoms with van der Waals surface area (Å²) in [6, 6.07) is 1.84. The first-order chi connectivity index (χ1) is 6.68. The summed E-state index contributed by atoms with van der Waals surface area (Å²) in [5.74, 6) is 0.488. The number of hydrogen-bond acceptors (Lipinski definition) is 3. The maximum absolute atomic E-state index is 11.2. The fraction of sp³-hybridized carbons (Fsp3) is 0.125. The van der Waals surface area contributed by atoms with Crippen molar-refractivity contribution >= 4 is 15.9 Å². The molecule has 2 aromatic rings. The number of halogens is 1. The molecule has 0 amide bonds. The van der Waals surface area contributed by atoms with Gasteiger partial charge in [-0.3, -0.25) is 4.79 Å². The lowest BCUT2D eigenvalue weighted by atomic mass is 10.5. The van der Waals surface area contributed by atoms with E-state index in [0.717, 1.165) is 5.69 Å². The fourth-order valence-electron chi connectivity index (χ4n) is 1.07. The third-order valence-electron chi connectivity index (χ3n) is 1.72. The van der Waals surface area contributed by atoms with E-state index in [1.165, 1.54) is 6.33 Å². The number of nitrogens with zero attached hydrogens (tertiary/aromatic N) is 3. The number of aryl methyl sites for hydroxylation is 1. The molecular formula is C8H7BrN4O. The van der Waals surface area contributed by atoms with Crippen LogP contribution in [0.5, 0.6) is 0 Å². The van der Waals surface area contributed by atoms with Crippen LogP contribution in [-0.2, 0) is 0 Å². The number of aromatic nitrogens is 4. The molecule has 0 aliphatic carbocycles. The van der Waals surface area contributed by atoms with Crippen molar-refractivity contribution in [3.8, 4) is 5.82 Å². The van der Waals surface area contributed by atoms with E-state index in [-0.39, 0.29) is 5.56 Å². The van der Waals surface area contributed by atoms with Gasteiger partial charge in [-0.1, -0.05) is 0 Å². The summed E-state index contributed by atoms with van der Waals surface area (Å²) in [5, 5.41) is 4.15. The molecule has 2 rings (SSSR count). The van der Waals surface area contributed by atoms with Crippen molar-refractivity contribution in [2.45, 2.75) is 6.92 Å². The van der Waals surface area contributed by atoms with Gasteiger partial charge in [0.05, 0.1) is 12.0 Å². The van der Waals surface area contributed by atoms with Crippen LogP contribution in [0, 0.1) is 6.92 Å². The van der Waals surface area contributed by atoms with Gasteiger partial charge in [-0.05, 0) is 28.9 Å². The molecule has 0 saturated heterocycles. The second kappa shape index (κ2) is 3.38. The first kappa shape index (κ1) is 9.14. The molecule has 0 radical (unpaired) electrons. The third-order valence-corrected chi connectivity index (χ3v) is 2.43. The number of aromatic amines is 1. The van der Waals surface area contributed by atoms with Crippen molar-refractivity contribution in [1.29, 1.82) is 0 Å². The Hall–Kier alpha value is -1.43. The van der Waals surface area contributed by atoms with Gasteiger partial charge in [0.1, 0.15) is 4.47 Å². The maximum Gasteiger partial charge on any atom is 0.267 e. The molecular weight excluding hydrogens is 248 g/mol. The van der Waals surface area contributed by atoms with Crippen LogP contribution in [0.25, 0.3) is 5.82 Å². The fourth-order valence-corrected chi connectivity index (χ4v) is 1.46. The predicted molar refractivity (Wildman–Crippen MR) is 54.4 cm³/mol. The van der Waals surface area contributed by atoms with Crippen molar-refractivity contribution in [2.24, 2.45) is 0 Å². The van der Waals surface area contributed by atoms with E-state index in [1.807, 2.05) is 13.0 Å². The second-order valence-corrected chi connectivity index (χ2v) is 3.56. The summed E-state index contributed by atoms with van der Waals surface area (Å²) in [7, 11) is 0. The first-order valence-corrected chi connectivity index (χ1v) is 4.73. The molecule has 0 spiro atoms. The minimum absolute atomic E-state index is 0.219. The van der Waals surface area contributed by atoms with Gasteiger partial charge < -0.3 is 4.98 Å². The average Bonchev–Trinajstić information content (AvgIpc) is 2.57. The lowest BCUT2D eigenvalue weighted by Crippen LogP contribution is -2.12. The highest BCUT2D eigenvalue weighted by Gasteiger charge is 2.07. The van der Waals surface area contributed by atoms with Crippen LogP contribution >= 0.6 is 15.9 Å². The largest absolute Gasteiger partial charge is 0.312 e.